The van der Waals surface area contributed by atoms with Crippen LogP contribution in [-0.2, 0) is 17.1 Å². The zero-order chi connectivity index (χ0) is 10.2. The summed E-state index contributed by atoms with van der Waals surface area (Å²) >= 11 is 0. The summed E-state index contributed by atoms with van der Waals surface area (Å²) in [5.74, 6) is -0.472. The Morgan fingerprint density at radius 1 is 1.20 bits per heavy atom. The maximum absolute atomic E-state index is 10.5. The van der Waals surface area contributed by atoms with Crippen molar-refractivity contribution in [2.24, 2.45) is 0 Å². The Bertz CT molecular complexity index is 363. The van der Waals surface area contributed by atoms with Gasteiger partial charge >= 0.3 is 17.1 Å². The number of rotatable bonds is 0. The van der Waals surface area contributed by atoms with Gasteiger partial charge in [0, 0.05) is 0 Å². The summed E-state index contributed by atoms with van der Waals surface area (Å²) in [5.41, 5.74) is 0.470. The maximum atomic E-state index is 10.5. The molecule has 0 saturated heterocycles. The monoisotopic (exact) mass is 239 g/mol. The molecular weight excluding hydrogens is 230 g/mol. The van der Waals surface area contributed by atoms with Gasteiger partial charge in [0.2, 0.25) is 0 Å². The van der Waals surface area contributed by atoms with E-state index in [9.17, 15) is 5.11 Å². The molecule has 1 aliphatic carbocycles. The van der Waals surface area contributed by atoms with Gasteiger partial charge in [-0.25, -0.2) is 12.1 Å². The first-order chi connectivity index (χ1) is 6.84. The molecule has 1 aromatic rings. The van der Waals surface area contributed by atoms with Gasteiger partial charge in [0.15, 0.2) is 0 Å². The molecule has 2 rings (SSSR count). The van der Waals surface area contributed by atoms with Crippen LogP contribution < -0.4 is 5.11 Å². The molecule has 2 nitrogen and oxygen atoms in total. The van der Waals surface area contributed by atoms with Gasteiger partial charge in [0.1, 0.15) is 0 Å². The Balaban J connectivity index is 0.000000280. The largest absolute Gasteiger partial charge is 2.00 e. The minimum absolute atomic E-state index is 0. The molecule has 1 aliphatic rings. The molecule has 0 aliphatic heterocycles. The molecule has 0 unspecified atom stereocenters. The third-order valence-corrected chi connectivity index (χ3v) is 1.58. The van der Waals surface area contributed by atoms with Crippen LogP contribution in [0, 0.1) is 11.3 Å². The molecule has 0 bridgehead atoms. The molecule has 3 heteroatoms. The van der Waals surface area contributed by atoms with E-state index in [1.54, 1.807) is 24.3 Å². The van der Waals surface area contributed by atoms with Crippen LogP contribution in [0.4, 0.5) is 0 Å². The zero-order valence-electron chi connectivity index (χ0n) is 7.91. The molecule has 0 spiro atoms. The van der Waals surface area contributed by atoms with Crippen molar-refractivity contribution < 1.29 is 22.2 Å². The number of nitrogens with zero attached hydrogens (tertiary/aromatic N) is 1. The van der Waals surface area contributed by atoms with Gasteiger partial charge in [-0.3, -0.25) is 0 Å². The van der Waals surface area contributed by atoms with Crippen molar-refractivity contribution in [2.75, 3.05) is 0 Å². The molecule has 76 valence electrons. The summed E-state index contributed by atoms with van der Waals surface area (Å²) < 4.78 is 0. The summed E-state index contributed by atoms with van der Waals surface area (Å²) in [5, 5.41) is 18.6. The van der Waals surface area contributed by atoms with Crippen LogP contribution >= 0.6 is 0 Å². The van der Waals surface area contributed by atoms with E-state index in [-0.39, 0.29) is 17.1 Å². The van der Waals surface area contributed by atoms with Crippen molar-refractivity contribution >= 4 is 0 Å². The fourth-order valence-electron chi connectivity index (χ4n) is 0.911. The van der Waals surface area contributed by atoms with Gasteiger partial charge in [-0.15, -0.1) is 0 Å². The molecule has 0 heterocycles. The number of hydrogen-bond acceptors (Lipinski definition) is 2. The Hall–Kier alpha value is -1.62. The van der Waals surface area contributed by atoms with E-state index < -0.39 is 5.76 Å². The molecule has 0 atom stereocenters. The van der Waals surface area contributed by atoms with Crippen molar-refractivity contribution in [1.82, 2.24) is 0 Å². The SMILES string of the molecule is N#CC([O-])=C1C=CC=C1.[Fe+2].c1cc[cH-]c1. The van der Waals surface area contributed by atoms with Gasteiger partial charge in [-0.05, 0) is 11.3 Å². The van der Waals surface area contributed by atoms with E-state index in [0.29, 0.717) is 5.57 Å². The van der Waals surface area contributed by atoms with Crippen molar-refractivity contribution in [3.05, 3.63) is 66.0 Å². The average Bonchev–Trinajstić information content (AvgIpc) is 2.91. The third kappa shape index (κ3) is 4.97. The standard InChI is InChI=1S/C7H5NO.C5H5.Fe/c8-5-7(9)6-3-1-2-4-6;1-2-4-5-3-1;/h1-4,9H;1-5H;/q;-1;+2/p-1. The maximum Gasteiger partial charge on any atom is 2.00 e. The summed E-state index contributed by atoms with van der Waals surface area (Å²) in [4.78, 5) is 0. The van der Waals surface area contributed by atoms with Crippen LogP contribution in [0.1, 0.15) is 0 Å². The first-order valence-electron chi connectivity index (χ1n) is 4.17. The van der Waals surface area contributed by atoms with E-state index >= 15 is 0 Å². The first kappa shape index (κ1) is 13.4. The Morgan fingerprint density at radius 2 is 1.73 bits per heavy atom. The Kier molecular flexibility index (Phi) is 6.92. The summed E-state index contributed by atoms with van der Waals surface area (Å²) in [6, 6.07) is 11.5. The summed E-state index contributed by atoms with van der Waals surface area (Å²) in [6.07, 6.45) is 6.69. The average molecular weight is 239 g/mol. The molecule has 0 fully saturated rings. The van der Waals surface area contributed by atoms with Crippen LogP contribution in [-0.4, -0.2) is 0 Å². The van der Waals surface area contributed by atoms with Gasteiger partial charge in [0.25, 0.3) is 0 Å². The van der Waals surface area contributed by atoms with E-state index in [4.69, 9.17) is 5.26 Å². The molecule has 0 aromatic heterocycles. The van der Waals surface area contributed by atoms with E-state index in [1.807, 2.05) is 30.3 Å². The minimum Gasteiger partial charge on any atom is -0.864 e. The zero-order valence-corrected chi connectivity index (χ0v) is 9.01. The number of nitriles is 1. The van der Waals surface area contributed by atoms with Crippen molar-refractivity contribution in [3.63, 3.8) is 0 Å². The third-order valence-electron chi connectivity index (χ3n) is 1.58. The Labute approximate surface area is 99.7 Å². The summed E-state index contributed by atoms with van der Waals surface area (Å²) in [7, 11) is 0. The van der Waals surface area contributed by atoms with Crippen LogP contribution in [0.3, 0.4) is 0 Å². The topological polar surface area (TPSA) is 46.8 Å². The van der Waals surface area contributed by atoms with Crippen LogP contribution in [0.2, 0.25) is 0 Å². The van der Waals surface area contributed by atoms with E-state index in [1.165, 1.54) is 6.07 Å². The second-order valence-electron chi connectivity index (χ2n) is 2.58. The molecule has 0 radical (unpaired) electrons. The van der Waals surface area contributed by atoms with Crippen LogP contribution in [0.15, 0.2) is 66.0 Å². The smallest absolute Gasteiger partial charge is 0.864 e. The van der Waals surface area contributed by atoms with Crippen LogP contribution in [0.25, 0.3) is 0 Å². The second-order valence-corrected chi connectivity index (χ2v) is 2.58. The van der Waals surface area contributed by atoms with Crippen LogP contribution in [0.5, 0.6) is 0 Å². The molecule has 0 amide bonds. The Morgan fingerprint density at radius 3 is 2.07 bits per heavy atom. The number of allylic oxidation sites excluding steroid dienone is 6. The quantitative estimate of drug-likeness (QED) is 0.299. The molecule has 15 heavy (non-hydrogen) atoms. The van der Waals surface area contributed by atoms with Crippen molar-refractivity contribution in [3.8, 4) is 6.07 Å². The molecular formula is C12H9FeNO. The fourth-order valence-corrected chi connectivity index (χ4v) is 0.911. The minimum atomic E-state index is -0.472. The molecule has 0 saturated carbocycles. The summed E-state index contributed by atoms with van der Waals surface area (Å²) in [6.45, 7) is 0. The normalized spacial score (nSPS) is 11.0. The van der Waals surface area contributed by atoms with Gasteiger partial charge in [-0.1, -0.05) is 24.3 Å². The number of hydrogen-bond donors (Lipinski definition) is 0. The predicted molar refractivity (Wildman–Crippen MR) is 53.0 cm³/mol. The molecule has 0 N–H and O–H groups in total. The molecule has 1 aromatic carbocycles. The first-order valence-corrected chi connectivity index (χ1v) is 4.17. The van der Waals surface area contributed by atoms with Gasteiger partial charge < -0.3 is 5.11 Å². The van der Waals surface area contributed by atoms with Crippen molar-refractivity contribution in [2.45, 2.75) is 0 Å². The van der Waals surface area contributed by atoms with E-state index in [0.717, 1.165) is 0 Å². The fraction of sp³-hybridized carbons (Fsp3) is 0. The van der Waals surface area contributed by atoms with Gasteiger partial charge in [-0.2, -0.15) is 23.5 Å². The van der Waals surface area contributed by atoms with Crippen molar-refractivity contribution in [1.29, 1.82) is 5.26 Å². The van der Waals surface area contributed by atoms with E-state index in [2.05, 4.69) is 0 Å². The second kappa shape index (κ2) is 7.75. The predicted octanol–water partition coefficient (Wildman–Crippen LogP) is 1.65. The van der Waals surface area contributed by atoms with Gasteiger partial charge in [0.05, 0.1) is 6.07 Å².